The molecule has 0 saturated heterocycles. The minimum atomic E-state index is 0.0284. The van der Waals surface area contributed by atoms with Crippen LogP contribution in [0.1, 0.15) is 11.3 Å². The number of aliphatic hydroxyl groups excluding tert-OH is 1. The van der Waals surface area contributed by atoms with Crippen molar-refractivity contribution in [1.82, 2.24) is 19.1 Å². The molecule has 5 heteroatoms. The second-order valence-electron chi connectivity index (χ2n) is 4.31. The minimum absolute atomic E-state index is 0.0284. The van der Waals surface area contributed by atoms with Crippen LogP contribution in [-0.2, 0) is 20.2 Å². The van der Waals surface area contributed by atoms with Gasteiger partial charge in [0.05, 0.1) is 25.2 Å². The van der Waals surface area contributed by atoms with Gasteiger partial charge in [0.25, 0.3) is 0 Å². The summed E-state index contributed by atoms with van der Waals surface area (Å²) in [6.45, 7) is 0.727. The Morgan fingerprint density at radius 1 is 1.39 bits per heavy atom. The quantitative estimate of drug-likeness (QED) is 0.753. The Bertz CT molecular complexity index is 683. The molecular formula is C13H14N4O. The van der Waals surface area contributed by atoms with Crippen LogP contribution in [0.4, 0.5) is 0 Å². The van der Waals surface area contributed by atoms with Gasteiger partial charge >= 0.3 is 0 Å². The smallest absolute Gasteiger partial charge is 0.140 e. The van der Waals surface area contributed by atoms with Crippen LogP contribution in [-0.4, -0.2) is 24.2 Å². The molecule has 0 aliphatic carbocycles. The third-order valence-electron chi connectivity index (χ3n) is 3.14. The van der Waals surface area contributed by atoms with Crippen molar-refractivity contribution in [2.75, 3.05) is 0 Å². The molecule has 0 atom stereocenters. The van der Waals surface area contributed by atoms with E-state index in [1.54, 1.807) is 12.5 Å². The maximum atomic E-state index is 9.37. The SMILES string of the molecule is Cn1cncc1Cn1cc(CO)c2cccnc21. The standard InChI is InChI=1S/C13H14N4O/c1-16-9-14-5-11(16)7-17-6-10(8-18)12-3-2-4-15-13(12)17/h2-6,9,18H,7-8H2,1H3. The highest BCUT2D eigenvalue weighted by atomic mass is 16.3. The lowest BCUT2D eigenvalue weighted by Gasteiger charge is -2.04. The van der Waals surface area contributed by atoms with E-state index in [2.05, 4.69) is 9.97 Å². The first kappa shape index (κ1) is 11.0. The van der Waals surface area contributed by atoms with Gasteiger partial charge in [0.2, 0.25) is 0 Å². The van der Waals surface area contributed by atoms with Crippen LogP contribution in [0.5, 0.6) is 0 Å². The lowest BCUT2D eigenvalue weighted by Crippen LogP contribution is -2.03. The summed E-state index contributed by atoms with van der Waals surface area (Å²) in [7, 11) is 1.97. The second-order valence-corrected chi connectivity index (χ2v) is 4.31. The van der Waals surface area contributed by atoms with Crippen LogP contribution >= 0.6 is 0 Å². The molecule has 3 aromatic rings. The normalized spacial score (nSPS) is 11.2. The Kier molecular flexibility index (Phi) is 2.60. The number of rotatable bonds is 3. The Morgan fingerprint density at radius 2 is 2.28 bits per heavy atom. The van der Waals surface area contributed by atoms with Gasteiger partial charge in [-0.15, -0.1) is 0 Å². The van der Waals surface area contributed by atoms with Gasteiger partial charge in [0, 0.05) is 36.6 Å². The maximum absolute atomic E-state index is 9.37. The molecule has 0 aliphatic heterocycles. The third-order valence-corrected chi connectivity index (χ3v) is 3.14. The molecule has 3 heterocycles. The highest BCUT2D eigenvalue weighted by molar-refractivity contribution is 5.80. The summed E-state index contributed by atoms with van der Waals surface area (Å²) in [6, 6.07) is 3.86. The highest BCUT2D eigenvalue weighted by Gasteiger charge is 2.09. The van der Waals surface area contributed by atoms with Gasteiger partial charge in [-0.25, -0.2) is 9.97 Å². The summed E-state index contributed by atoms with van der Waals surface area (Å²) in [4.78, 5) is 8.49. The molecule has 5 nitrogen and oxygen atoms in total. The first-order valence-corrected chi connectivity index (χ1v) is 5.78. The molecule has 92 valence electrons. The zero-order valence-corrected chi connectivity index (χ0v) is 10.1. The number of aryl methyl sites for hydroxylation is 1. The molecule has 0 amide bonds. The van der Waals surface area contributed by atoms with Crippen LogP contribution in [0.2, 0.25) is 0 Å². The van der Waals surface area contributed by atoms with Gasteiger partial charge < -0.3 is 14.2 Å². The first-order valence-electron chi connectivity index (χ1n) is 5.78. The number of fused-ring (bicyclic) bond motifs is 1. The Hall–Kier alpha value is -2.14. The van der Waals surface area contributed by atoms with Gasteiger partial charge in [0.15, 0.2) is 0 Å². The summed E-state index contributed by atoms with van der Waals surface area (Å²) in [6.07, 6.45) is 7.34. The molecular weight excluding hydrogens is 228 g/mol. The fourth-order valence-electron chi connectivity index (χ4n) is 2.15. The summed E-state index contributed by atoms with van der Waals surface area (Å²) >= 11 is 0. The summed E-state index contributed by atoms with van der Waals surface area (Å²) < 4.78 is 4.02. The molecule has 1 N–H and O–H groups in total. The summed E-state index contributed by atoms with van der Waals surface area (Å²) in [5.74, 6) is 0. The first-order chi connectivity index (χ1) is 8.79. The molecule has 0 aromatic carbocycles. The predicted octanol–water partition coefficient (Wildman–Crippen LogP) is 1.31. The second kappa shape index (κ2) is 4.27. The third kappa shape index (κ3) is 1.69. The van der Waals surface area contributed by atoms with Crippen molar-refractivity contribution < 1.29 is 5.11 Å². The lowest BCUT2D eigenvalue weighted by atomic mass is 10.2. The number of imidazole rings is 1. The number of hydrogen-bond donors (Lipinski definition) is 1. The van der Waals surface area contributed by atoms with E-state index in [-0.39, 0.29) is 6.61 Å². The van der Waals surface area contributed by atoms with E-state index >= 15 is 0 Å². The van der Waals surface area contributed by atoms with Crippen molar-refractivity contribution in [3.05, 3.63) is 48.3 Å². The molecule has 18 heavy (non-hydrogen) atoms. The Balaban J connectivity index is 2.09. The highest BCUT2D eigenvalue weighted by Crippen LogP contribution is 2.20. The van der Waals surface area contributed by atoms with Gasteiger partial charge in [-0.3, -0.25) is 0 Å². The summed E-state index contributed by atoms with van der Waals surface area (Å²) in [5.41, 5.74) is 2.89. The number of aromatic nitrogens is 4. The molecule has 0 aliphatic rings. The van der Waals surface area contributed by atoms with Gasteiger partial charge in [-0.1, -0.05) is 0 Å². The van der Waals surface area contributed by atoms with Crippen molar-refractivity contribution in [2.45, 2.75) is 13.2 Å². The lowest BCUT2D eigenvalue weighted by molar-refractivity contribution is 0.283. The van der Waals surface area contributed by atoms with E-state index in [1.807, 2.05) is 40.7 Å². The van der Waals surface area contributed by atoms with Crippen molar-refractivity contribution in [2.24, 2.45) is 7.05 Å². The van der Waals surface area contributed by atoms with Crippen molar-refractivity contribution in [3.63, 3.8) is 0 Å². The largest absolute Gasteiger partial charge is 0.392 e. The molecule has 0 spiro atoms. The van der Waals surface area contributed by atoms with Gasteiger partial charge in [0.1, 0.15) is 5.65 Å². The number of nitrogens with zero attached hydrogens (tertiary/aromatic N) is 4. The van der Waals surface area contributed by atoms with Crippen LogP contribution in [0.25, 0.3) is 11.0 Å². The van der Waals surface area contributed by atoms with Crippen LogP contribution in [0.15, 0.2) is 37.1 Å². The van der Waals surface area contributed by atoms with E-state index in [0.29, 0.717) is 6.54 Å². The molecule has 0 saturated carbocycles. The van der Waals surface area contributed by atoms with Gasteiger partial charge in [-0.05, 0) is 12.1 Å². The average Bonchev–Trinajstić information content (AvgIpc) is 2.95. The molecule has 0 unspecified atom stereocenters. The number of pyridine rings is 1. The zero-order chi connectivity index (χ0) is 12.5. The number of aliphatic hydroxyl groups is 1. The molecule has 0 bridgehead atoms. The number of hydrogen-bond acceptors (Lipinski definition) is 3. The topological polar surface area (TPSA) is 55.9 Å². The Morgan fingerprint density at radius 3 is 3.00 bits per heavy atom. The van der Waals surface area contributed by atoms with E-state index in [0.717, 1.165) is 22.3 Å². The molecule has 3 aromatic heterocycles. The molecule has 0 fully saturated rings. The average molecular weight is 242 g/mol. The monoisotopic (exact) mass is 242 g/mol. The van der Waals surface area contributed by atoms with Crippen LogP contribution in [0.3, 0.4) is 0 Å². The predicted molar refractivity (Wildman–Crippen MR) is 68.0 cm³/mol. The molecule has 0 radical (unpaired) electrons. The maximum Gasteiger partial charge on any atom is 0.140 e. The van der Waals surface area contributed by atoms with Crippen LogP contribution < -0.4 is 0 Å². The van der Waals surface area contributed by atoms with E-state index in [9.17, 15) is 5.11 Å². The van der Waals surface area contributed by atoms with Crippen molar-refractivity contribution >= 4 is 11.0 Å². The zero-order valence-electron chi connectivity index (χ0n) is 10.1. The van der Waals surface area contributed by atoms with Gasteiger partial charge in [-0.2, -0.15) is 0 Å². The fraction of sp³-hybridized carbons (Fsp3) is 0.231. The van der Waals surface area contributed by atoms with Crippen molar-refractivity contribution in [3.8, 4) is 0 Å². The fourth-order valence-corrected chi connectivity index (χ4v) is 2.15. The van der Waals surface area contributed by atoms with E-state index in [1.165, 1.54) is 0 Å². The molecule has 3 rings (SSSR count). The van der Waals surface area contributed by atoms with Crippen LogP contribution in [0, 0.1) is 0 Å². The Labute approximate surface area is 104 Å². The van der Waals surface area contributed by atoms with E-state index < -0.39 is 0 Å². The minimum Gasteiger partial charge on any atom is -0.392 e. The summed E-state index contributed by atoms with van der Waals surface area (Å²) in [5, 5.41) is 10.4. The van der Waals surface area contributed by atoms with E-state index in [4.69, 9.17) is 0 Å². The van der Waals surface area contributed by atoms with Crippen molar-refractivity contribution in [1.29, 1.82) is 0 Å².